The molecule has 0 aliphatic carbocycles. The lowest BCUT2D eigenvalue weighted by Crippen LogP contribution is -1.80. The highest BCUT2D eigenvalue weighted by atomic mass is 14.6. The SMILES string of the molecule is C#Cc1cccc(-c2cccnc2)c1. The van der Waals surface area contributed by atoms with Crippen LogP contribution in [-0.4, -0.2) is 4.98 Å². The molecule has 14 heavy (non-hydrogen) atoms. The molecule has 2 aromatic rings. The summed E-state index contributed by atoms with van der Waals surface area (Å²) >= 11 is 0. The molecule has 0 saturated carbocycles. The van der Waals surface area contributed by atoms with Crippen LogP contribution in [0, 0.1) is 12.3 Å². The Morgan fingerprint density at radius 1 is 1.07 bits per heavy atom. The van der Waals surface area contributed by atoms with Crippen LogP contribution < -0.4 is 0 Å². The van der Waals surface area contributed by atoms with E-state index in [0.717, 1.165) is 16.7 Å². The first-order chi connectivity index (χ1) is 6.90. The first kappa shape index (κ1) is 8.52. The van der Waals surface area contributed by atoms with Crippen molar-refractivity contribution in [2.75, 3.05) is 0 Å². The number of hydrogen-bond acceptors (Lipinski definition) is 1. The fourth-order valence-electron chi connectivity index (χ4n) is 1.32. The van der Waals surface area contributed by atoms with Gasteiger partial charge in [0.05, 0.1) is 0 Å². The fraction of sp³-hybridized carbons (Fsp3) is 0. The number of hydrogen-bond donors (Lipinski definition) is 0. The number of benzene rings is 1. The molecule has 0 bridgehead atoms. The van der Waals surface area contributed by atoms with E-state index in [1.54, 1.807) is 6.20 Å². The predicted octanol–water partition coefficient (Wildman–Crippen LogP) is 2.73. The molecule has 0 atom stereocenters. The Kier molecular flexibility index (Phi) is 2.29. The Hall–Kier alpha value is -2.07. The Morgan fingerprint density at radius 3 is 2.64 bits per heavy atom. The number of terminal acetylenes is 1. The molecule has 0 fully saturated rings. The normalized spacial score (nSPS) is 9.36. The van der Waals surface area contributed by atoms with Gasteiger partial charge in [0.15, 0.2) is 0 Å². The van der Waals surface area contributed by atoms with Crippen LogP contribution in [0.25, 0.3) is 11.1 Å². The van der Waals surface area contributed by atoms with Crippen LogP contribution in [0.2, 0.25) is 0 Å². The molecule has 0 unspecified atom stereocenters. The van der Waals surface area contributed by atoms with Crippen LogP contribution in [0.15, 0.2) is 48.8 Å². The number of pyridine rings is 1. The molecule has 0 aliphatic heterocycles. The van der Waals surface area contributed by atoms with E-state index in [-0.39, 0.29) is 0 Å². The van der Waals surface area contributed by atoms with Gasteiger partial charge in [-0.2, -0.15) is 0 Å². The largest absolute Gasteiger partial charge is 0.264 e. The van der Waals surface area contributed by atoms with E-state index in [0.29, 0.717) is 0 Å². The van der Waals surface area contributed by atoms with E-state index in [4.69, 9.17) is 6.42 Å². The monoisotopic (exact) mass is 179 g/mol. The third kappa shape index (κ3) is 1.65. The van der Waals surface area contributed by atoms with E-state index in [1.807, 2.05) is 42.6 Å². The van der Waals surface area contributed by atoms with Crippen molar-refractivity contribution in [2.24, 2.45) is 0 Å². The van der Waals surface area contributed by atoms with Crippen molar-refractivity contribution in [3.8, 4) is 23.5 Å². The van der Waals surface area contributed by atoms with Gasteiger partial charge in [-0.05, 0) is 23.8 Å². The van der Waals surface area contributed by atoms with Crippen LogP contribution in [0.4, 0.5) is 0 Å². The summed E-state index contributed by atoms with van der Waals surface area (Å²) in [5, 5.41) is 0. The summed E-state index contributed by atoms with van der Waals surface area (Å²) in [7, 11) is 0. The van der Waals surface area contributed by atoms with Gasteiger partial charge in [-0.15, -0.1) is 6.42 Å². The molecule has 0 radical (unpaired) electrons. The summed E-state index contributed by atoms with van der Waals surface area (Å²) < 4.78 is 0. The topological polar surface area (TPSA) is 12.9 Å². The molecule has 1 heterocycles. The maximum absolute atomic E-state index is 5.33. The third-order valence-electron chi connectivity index (χ3n) is 2.02. The lowest BCUT2D eigenvalue weighted by molar-refractivity contribution is 1.33. The highest BCUT2D eigenvalue weighted by molar-refractivity contribution is 5.64. The predicted molar refractivity (Wildman–Crippen MR) is 57.6 cm³/mol. The van der Waals surface area contributed by atoms with Crippen LogP contribution >= 0.6 is 0 Å². The molecule has 66 valence electrons. The quantitative estimate of drug-likeness (QED) is 0.613. The smallest absolute Gasteiger partial charge is 0.0346 e. The van der Waals surface area contributed by atoms with E-state index < -0.39 is 0 Å². The molecule has 1 nitrogen and oxygen atoms in total. The summed E-state index contributed by atoms with van der Waals surface area (Å²) in [5.74, 6) is 2.62. The van der Waals surface area contributed by atoms with Gasteiger partial charge in [-0.3, -0.25) is 4.98 Å². The second-order valence-electron chi connectivity index (χ2n) is 2.97. The second kappa shape index (κ2) is 3.76. The van der Waals surface area contributed by atoms with Gasteiger partial charge in [0.1, 0.15) is 0 Å². The summed E-state index contributed by atoms with van der Waals surface area (Å²) in [6.45, 7) is 0. The maximum atomic E-state index is 5.33. The maximum Gasteiger partial charge on any atom is 0.0346 e. The molecule has 1 aromatic carbocycles. The molecule has 0 N–H and O–H groups in total. The van der Waals surface area contributed by atoms with Crippen LogP contribution in [0.3, 0.4) is 0 Å². The van der Waals surface area contributed by atoms with Gasteiger partial charge < -0.3 is 0 Å². The Bertz CT molecular complexity index is 466. The summed E-state index contributed by atoms with van der Waals surface area (Å²) in [5.41, 5.74) is 3.09. The summed E-state index contributed by atoms with van der Waals surface area (Å²) in [4.78, 5) is 4.06. The van der Waals surface area contributed by atoms with Crippen molar-refractivity contribution in [3.05, 3.63) is 54.4 Å². The van der Waals surface area contributed by atoms with Crippen molar-refractivity contribution in [3.63, 3.8) is 0 Å². The Balaban J connectivity index is 2.49. The number of nitrogens with zero attached hydrogens (tertiary/aromatic N) is 1. The minimum atomic E-state index is 0.895. The zero-order valence-electron chi connectivity index (χ0n) is 7.64. The standard InChI is InChI=1S/C13H9N/c1-2-11-5-3-6-12(9-11)13-7-4-8-14-10-13/h1,3-10H. The van der Waals surface area contributed by atoms with E-state index in [9.17, 15) is 0 Å². The summed E-state index contributed by atoms with van der Waals surface area (Å²) in [6, 6.07) is 11.8. The average molecular weight is 179 g/mol. The van der Waals surface area contributed by atoms with Gasteiger partial charge in [0, 0.05) is 23.5 Å². The molecule has 0 aliphatic rings. The molecule has 2 rings (SSSR count). The molecule has 0 amide bonds. The van der Waals surface area contributed by atoms with Crippen LogP contribution in [0.1, 0.15) is 5.56 Å². The van der Waals surface area contributed by atoms with Crippen molar-refractivity contribution >= 4 is 0 Å². The fourth-order valence-corrected chi connectivity index (χ4v) is 1.32. The van der Waals surface area contributed by atoms with Crippen molar-refractivity contribution in [1.29, 1.82) is 0 Å². The molecule has 1 aromatic heterocycles. The second-order valence-corrected chi connectivity index (χ2v) is 2.97. The van der Waals surface area contributed by atoms with Crippen molar-refractivity contribution < 1.29 is 0 Å². The van der Waals surface area contributed by atoms with E-state index in [1.165, 1.54) is 0 Å². The minimum Gasteiger partial charge on any atom is -0.264 e. The zero-order valence-corrected chi connectivity index (χ0v) is 7.64. The van der Waals surface area contributed by atoms with E-state index in [2.05, 4.69) is 10.9 Å². The molecule has 0 spiro atoms. The molecule has 1 heteroatoms. The summed E-state index contributed by atoms with van der Waals surface area (Å²) in [6.07, 6.45) is 8.92. The lowest BCUT2D eigenvalue weighted by atomic mass is 10.1. The van der Waals surface area contributed by atoms with Crippen LogP contribution in [0.5, 0.6) is 0 Å². The Labute approximate surface area is 83.4 Å². The van der Waals surface area contributed by atoms with Crippen molar-refractivity contribution in [2.45, 2.75) is 0 Å². The number of rotatable bonds is 1. The first-order valence-corrected chi connectivity index (χ1v) is 4.37. The molecule has 0 saturated heterocycles. The first-order valence-electron chi connectivity index (χ1n) is 4.37. The van der Waals surface area contributed by atoms with Gasteiger partial charge >= 0.3 is 0 Å². The van der Waals surface area contributed by atoms with Crippen molar-refractivity contribution in [1.82, 2.24) is 4.98 Å². The van der Waals surface area contributed by atoms with Crippen LogP contribution in [-0.2, 0) is 0 Å². The zero-order chi connectivity index (χ0) is 9.80. The van der Waals surface area contributed by atoms with Gasteiger partial charge in [0.25, 0.3) is 0 Å². The highest BCUT2D eigenvalue weighted by Gasteiger charge is 1.96. The van der Waals surface area contributed by atoms with Gasteiger partial charge in [-0.1, -0.05) is 24.1 Å². The molecular formula is C13H9N. The average Bonchev–Trinajstić information content (AvgIpc) is 2.30. The van der Waals surface area contributed by atoms with Gasteiger partial charge in [-0.25, -0.2) is 0 Å². The highest BCUT2D eigenvalue weighted by Crippen LogP contribution is 2.18. The third-order valence-corrected chi connectivity index (χ3v) is 2.02. The van der Waals surface area contributed by atoms with Gasteiger partial charge in [0.2, 0.25) is 0 Å². The lowest BCUT2D eigenvalue weighted by Gasteiger charge is -2.00. The van der Waals surface area contributed by atoms with E-state index >= 15 is 0 Å². The minimum absolute atomic E-state index is 0.895. The number of aromatic nitrogens is 1. The Morgan fingerprint density at radius 2 is 1.93 bits per heavy atom. The molecular weight excluding hydrogens is 170 g/mol.